The second-order valence-electron chi connectivity index (χ2n) is 5.57. The number of para-hydroxylation sites is 1. The number of carboxylic acid groups (broad SMARTS) is 1. The van der Waals surface area contributed by atoms with E-state index in [0.717, 1.165) is 28.1 Å². The number of fused-ring (bicyclic) bond motifs is 1. The Morgan fingerprint density at radius 1 is 1.20 bits per heavy atom. The van der Waals surface area contributed by atoms with Crippen molar-refractivity contribution < 1.29 is 14.7 Å². The lowest BCUT2D eigenvalue weighted by Crippen LogP contribution is -2.16. The Hall–Kier alpha value is -2.81. The Bertz CT molecular complexity index is 885. The van der Waals surface area contributed by atoms with Crippen molar-refractivity contribution in [3.05, 3.63) is 40.9 Å². The number of carbonyl (C=O) groups is 2. The van der Waals surface area contributed by atoms with Crippen molar-refractivity contribution in [3.63, 3.8) is 0 Å². The fraction of sp³-hybridized carbons (Fsp3) is 0.312. The van der Waals surface area contributed by atoms with Gasteiger partial charge in [-0.1, -0.05) is 12.1 Å². The molecule has 0 aliphatic carbocycles. The average Bonchev–Trinajstić information content (AvgIpc) is 3.10. The summed E-state index contributed by atoms with van der Waals surface area (Å²) in [5.41, 5.74) is 6.13. The van der Waals surface area contributed by atoms with Crippen molar-refractivity contribution >= 4 is 33.4 Å². The number of rotatable bonds is 8. The van der Waals surface area contributed by atoms with Gasteiger partial charge in [-0.2, -0.15) is 5.10 Å². The van der Waals surface area contributed by atoms with Crippen molar-refractivity contribution in [1.29, 1.82) is 0 Å². The number of thiazole rings is 1. The summed E-state index contributed by atoms with van der Waals surface area (Å²) in [6, 6.07) is 7.96. The highest BCUT2D eigenvalue weighted by Gasteiger charge is 2.14. The number of nitrogens with zero attached hydrogens (tertiary/aromatic N) is 4. The van der Waals surface area contributed by atoms with Gasteiger partial charge in [0.2, 0.25) is 5.91 Å². The second kappa shape index (κ2) is 7.39. The van der Waals surface area contributed by atoms with Crippen LogP contribution in [0.25, 0.3) is 10.2 Å². The van der Waals surface area contributed by atoms with Gasteiger partial charge in [0.15, 0.2) is 5.82 Å². The predicted octanol–water partition coefficient (Wildman–Crippen LogP) is 1.18. The first-order chi connectivity index (χ1) is 12.0. The van der Waals surface area contributed by atoms with E-state index in [0.29, 0.717) is 12.2 Å². The number of benzene rings is 1. The SMILES string of the molecule is NC(=O)Cc1nc(CCCc2nc3ccccc3s2)n(CC(=O)O)n1. The van der Waals surface area contributed by atoms with Crippen LogP contribution in [0.15, 0.2) is 24.3 Å². The molecular formula is C16H17N5O3S. The Balaban J connectivity index is 1.67. The van der Waals surface area contributed by atoms with E-state index in [1.54, 1.807) is 11.3 Å². The van der Waals surface area contributed by atoms with Crippen molar-refractivity contribution in [2.75, 3.05) is 0 Å². The van der Waals surface area contributed by atoms with Crippen molar-refractivity contribution in [2.24, 2.45) is 5.73 Å². The molecule has 0 saturated carbocycles. The molecule has 2 aromatic heterocycles. The fourth-order valence-electron chi connectivity index (χ4n) is 2.52. The molecule has 0 aliphatic rings. The molecule has 0 atom stereocenters. The van der Waals surface area contributed by atoms with Crippen LogP contribution in [0.5, 0.6) is 0 Å². The number of aryl methyl sites for hydroxylation is 2. The quantitative estimate of drug-likeness (QED) is 0.622. The van der Waals surface area contributed by atoms with Crippen LogP contribution in [-0.2, 0) is 35.4 Å². The Morgan fingerprint density at radius 2 is 2.00 bits per heavy atom. The third kappa shape index (κ3) is 4.38. The molecule has 9 heteroatoms. The standard InChI is InChI=1S/C16H17N5O3S/c17-12(22)8-13-19-14(21(20-13)9-16(23)24)6-3-7-15-18-10-4-1-2-5-11(10)25-15/h1-2,4-5H,3,6-9H2,(H2,17,22)(H,23,24). The first kappa shape index (κ1) is 17.0. The molecule has 0 radical (unpaired) electrons. The number of carbonyl (C=O) groups excluding carboxylic acids is 1. The van der Waals surface area contributed by atoms with Crippen LogP contribution in [0.4, 0.5) is 0 Å². The van der Waals surface area contributed by atoms with Gasteiger partial charge in [-0.15, -0.1) is 11.3 Å². The highest BCUT2D eigenvalue weighted by Crippen LogP contribution is 2.22. The maximum atomic E-state index is 11.0. The van der Waals surface area contributed by atoms with Crippen LogP contribution in [0, 0.1) is 0 Å². The van der Waals surface area contributed by atoms with Crippen molar-refractivity contribution in [2.45, 2.75) is 32.2 Å². The van der Waals surface area contributed by atoms with Gasteiger partial charge in [-0.3, -0.25) is 9.59 Å². The number of primary amides is 1. The van der Waals surface area contributed by atoms with Crippen LogP contribution >= 0.6 is 11.3 Å². The van der Waals surface area contributed by atoms with Gasteiger partial charge in [-0.25, -0.2) is 14.6 Å². The Morgan fingerprint density at radius 3 is 2.72 bits per heavy atom. The molecule has 0 fully saturated rings. The van der Waals surface area contributed by atoms with Gasteiger partial charge in [0.25, 0.3) is 0 Å². The lowest BCUT2D eigenvalue weighted by atomic mass is 10.2. The summed E-state index contributed by atoms with van der Waals surface area (Å²) in [6.45, 7) is -0.289. The van der Waals surface area contributed by atoms with E-state index in [-0.39, 0.29) is 18.8 Å². The molecule has 2 heterocycles. The van der Waals surface area contributed by atoms with Gasteiger partial charge in [0, 0.05) is 6.42 Å². The van der Waals surface area contributed by atoms with Crippen LogP contribution in [-0.4, -0.2) is 36.7 Å². The number of nitrogens with two attached hydrogens (primary N) is 1. The van der Waals surface area contributed by atoms with E-state index in [1.807, 2.05) is 24.3 Å². The molecule has 0 spiro atoms. The minimum absolute atomic E-state index is 0.0997. The van der Waals surface area contributed by atoms with E-state index in [1.165, 1.54) is 4.68 Å². The van der Waals surface area contributed by atoms with Crippen molar-refractivity contribution in [3.8, 4) is 0 Å². The van der Waals surface area contributed by atoms with Gasteiger partial charge >= 0.3 is 5.97 Å². The molecule has 3 aromatic rings. The largest absolute Gasteiger partial charge is 0.480 e. The van der Waals surface area contributed by atoms with Crippen LogP contribution in [0.1, 0.15) is 23.1 Å². The molecule has 25 heavy (non-hydrogen) atoms. The molecule has 0 bridgehead atoms. The summed E-state index contributed by atoms with van der Waals surface area (Å²) in [6.07, 6.45) is 1.98. The zero-order chi connectivity index (χ0) is 17.8. The number of hydrogen-bond donors (Lipinski definition) is 2. The molecule has 0 aliphatic heterocycles. The molecular weight excluding hydrogens is 342 g/mol. The molecule has 8 nitrogen and oxygen atoms in total. The predicted molar refractivity (Wildman–Crippen MR) is 92.2 cm³/mol. The maximum absolute atomic E-state index is 11.0. The summed E-state index contributed by atoms with van der Waals surface area (Å²) in [4.78, 5) is 30.8. The number of aliphatic carboxylic acids is 1. The molecule has 0 saturated heterocycles. The maximum Gasteiger partial charge on any atom is 0.325 e. The summed E-state index contributed by atoms with van der Waals surface area (Å²) < 4.78 is 2.47. The van der Waals surface area contributed by atoms with Gasteiger partial charge in [0.05, 0.1) is 21.6 Å². The second-order valence-corrected chi connectivity index (χ2v) is 6.68. The highest BCUT2D eigenvalue weighted by atomic mass is 32.1. The number of carboxylic acids is 1. The van der Waals surface area contributed by atoms with Crippen LogP contribution in [0.3, 0.4) is 0 Å². The molecule has 3 N–H and O–H groups in total. The normalized spacial score (nSPS) is 11.0. The number of hydrogen-bond acceptors (Lipinski definition) is 6. The lowest BCUT2D eigenvalue weighted by Gasteiger charge is -2.02. The molecule has 1 aromatic carbocycles. The minimum atomic E-state index is -1.01. The molecule has 130 valence electrons. The molecule has 0 unspecified atom stereocenters. The van der Waals surface area contributed by atoms with E-state index < -0.39 is 11.9 Å². The minimum Gasteiger partial charge on any atom is -0.480 e. The third-order valence-corrected chi connectivity index (χ3v) is 4.63. The van der Waals surface area contributed by atoms with E-state index >= 15 is 0 Å². The number of aromatic nitrogens is 4. The van der Waals surface area contributed by atoms with E-state index in [4.69, 9.17) is 10.8 Å². The first-order valence-electron chi connectivity index (χ1n) is 7.78. The zero-order valence-electron chi connectivity index (χ0n) is 13.4. The summed E-state index contributed by atoms with van der Waals surface area (Å²) >= 11 is 1.65. The van der Waals surface area contributed by atoms with E-state index in [2.05, 4.69) is 15.1 Å². The van der Waals surface area contributed by atoms with Gasteiger partial charge < -0.3 is 10.8 Å². The summed E-state index contributed by atoms with van der Waals surface area (Å²) in [5, 5.41) is 14.1. The topological polar surface area (TPSA) is 124 Å². The third-order valence-electron chi connectivity index (χ3n) is 3.54. The highest BCUT2D eigenvalue weighted by molar-refractivity contribution is 7.18. The zero-order valence-corrected chi connectivity index (χ0v) is 14.2. The summed E-state index contributed by atoms with van der Waals surface area (Å²) in [7, 11) is 0. The summed E-state index contributed by atoms with van der Waals surface area (Å²) in [5.74, 6) is -0.764. The van der Waals surface area contributed by atoms with Gasteiger partial charge in [0.1, 0.15) is 12.4 Å². The van der Waals surface area contributed by atoms with Crippen molar-refractivity contribution in [1.82, 2.24) is 19.7 Å². The Kier molecular flexibility index (Phi) is 5.03. The average molecular weight is 359 g/mol. The monoisotopic (exact) mass is 359 g/mol. The lowest BCUT2D eigenvalue weighted by molar-refractivity contribution is -0.138. The van der Waals surface area contributed by atoms with Crippen LogP contribution in [0.2, 0.25) is 0 Å². The fourth-order valence-corrected chi connectivity index (χ4v) is 3.53. The number of amides is 1. The molecule has 3 rings (SSSR count). The van der Waals surface area contributed by atoms with E-state index in [9.17, 15) is 9.59 Å². The van der Waals surface area contributed by atoms with Gasteiger partial charge in [-0.05, 0) is 25.0 Å². The molecule has 1 amide bonds. The smallest absolute Gasteiger partial charge is 0.325 e. The first-order valence-corrected chi connectivity index (χ1v) is 8.60. The Labute approximate surface area is 147 Å². The van der Waals surface area contributed by atoms with Crippen LogP contribution < -0.4 is 5.73 Å².